The highest BCUT2D eigenvalue weighted by Crippen LogP contribution is 2.32. The second-order valence-electron chi connectivity index (χ2n) is 8.09. The Morgan fingerprint density at radius 1 is 0.969 bits per heavy atom. The summed E-state index contributed by atoms with van der Waals surface area (Å²) in [6.07, 6.45) is 1.92. The third-order valence-electron chi connectivity index (χ3n) is 5.58. The molecule has 2 aromatic rings. The summed E-state index contributed by atoms with van der Waals surface area (Å²) in [6, 6.07) is 14.5. The summed E-state index contributed by atoms with van der Waals surface area (Å²) < 4.78 is 17.1. The van der Waals surface area contributed by atoms with Crippen LogP contribution in [0.15, 0.2) is 47.5 Å². The fourth-order valence-electron chi connectivity index (χ4n) is 3.79. The number of rotatable bonds is 7. The van der Waals surface area contributed by atoms with E-state index in [1.807, 2.05) is 18.2 Å². The second-order valence-corrected chi connectivity index (χ2v) is 8.09. The first-order valence-electron chi connectivity index (χ1n) is 11.6. The molecule has 0 unspecified atom stereocenters. The number of nitrogens with one attached hydrogen (secondary N) is 2. The molecule has 2 heterocycles. The molecular weight excluding hydrogens is 404 g/mol. The van der Waals surface area contributed by atoms with Crippen molar-refractivity contribution in [3.05, 3.63) is 53.6 Å². The van der Waals surface area contributed by atoms with Gasteiger partial charge in [0.2, 0.25) is 0 Å². The number of anilines is 1. The Morgan fingerprint density at radius 3 is 2.56 bits per heavy atom. The van der Waals surface area contributed by atoms with Crippen LogP contribution in [0.25, 0.3) is 0 Å². The van der Waals surface area contributed by atoms with Crippen molar-refractivity contribution < 1.29 is 14.2 Å². The molecule has 0 saturated carbocycles. The van der Waals surface area contributed by atoms with Crippen LogP contribution in [-0.4, -0.2) is 56.9 Å². The van der Waals surface area contributed by atoms with Gasteiger partial charge in [-0.15, -0.1) is 0 Å². The Balaban J connectivity index is 1.46. The maximum absolute atomic E-state index is 5.83. The predicted molar refractivity (Wildman–Crippen MR) is 128 cm³/mol. The number of nitrogens with zero attached hydrogens (tertiary/aromatic N) is 2. The Kier molecular flexibility index (Phi) is 8.23. The van der Waals surface area contributed by atoms with Gasteiger partial charge in [-0.25, -0.2) is 4.99 Å². The summed E-state index contributed by atoms with van der Waals surface area (Å²) in [6.45, 7) is 9.49. The van der Waals surface area contributed by atoms with Gasteiger partial charge >= 0.3 is 0 Å². The molecule has 4 rings (SSSR count). The first-order chi connectivity index (χ1) is 15.8. The van der Waals surface area contributed by atoms with Crippen molar-refractivity contribution in [1.29, 1.82) is 0 Å². The Hall–Kier alpha value is -2.77. The highest BCUT2D eigenvalue weighted by atomic mass is 16.5. The van der Waals surface area contributed by atoms with E-state index in [2.05, 4.69) is 46.7 Å². The summed E-state index contributed by atoms with van der Waals surface area (Å²) in [5.41, 5.74) is 3.50. The molecule has 7 heteroatoms. The Labute approximate surface area is 190 Å². The number of fused-ring (bicyclic) bond motifs is 1. The van der Waals surface area contributed by atoms with Crippen LogP contribution in [0.5, 0.6) is 11.5 Å². The normalized spacial score (nSPS) is 17.0. The van der Waals surface area contributed by atoms with Crippen LogP contribution in [0.1, 0.15) is 30.9 Å². The smallest absolute Gasteiger partial charge is 0.196 e. The number of guanidine groups is 1. The number of ether oxygens (including phenoxy) is 3. The third kappa shape index (κ3) is 6.37. The highest BCUT2D eigenvalue weighted by molar-refractivity contribution is 5.94. The van der Waals surface area contributed by atoms with Crippen LogP contribution in [0.2, 0.25) is 0 Å². The van der Waals surface area contributed by atoms with Gasteiger partial charge in [0.1, 0.15) is 0 Å². The molecule has 2 aromatic carbocycles. The molecule has 0 aliphatic carbocycles. The van der Waals surface area contributed by atoms with Gasteiger partial charge in [0.25, 0.3) is 0 Å². The lowest BCUT2D eigenvalue weighted by Gasteiger charge is -2.27. The van der Waals surface area contributed by atoms with E-state index >= 15 is 0 Å². The van der Waals surface area contributed by atoms with Crippen LogP contribution in [0.3, 0.4) is 0 Å². The first kappa shape index (κ1) is 22.4. The molecule has 7 nitrogen and oxygen atoms in total. The minimum absolute atomic E-state index is 0.615. The predicted octanol–water partition coefficient (Wildman–Crippen LogP) is 3.65. The second kappa shape index (κ2) is 11.7. The van der Waals surface area contributed by atoms with Gasteiger partial charge in [0.05, 0.1) is 33.0 Å². The average molecular weight is 439 g/mol. The molecule has 0 atom stereocenters. The van der Waals surface area contributed by atoms with E-state index in [0.717, 1.165) is 75.4 Å². The Bertz CT molecular complexity index is 897. The molecule has 2 aliphatic rings. The van der Waals surface area contributed by atoms with Crippen LogP contribution in [-0.2, 0) is 17.8 Å². The van der Waals surface area contributed by atoms with E-state index in [9.17, 15) is 0 Å². The van der Waals surface area contributed by atoms with Gasteiger partial charge in [-0.3, -0.25) is 4.90 Å². The van der Waals surface area contributed by atoms with Crippen molar-refractivity contribution in [2.45, 2.75) is 32.9 Å². The number of hydrogen-bond donors (Lipinski definition) is 2. The lowest BCUT2D eigenvalue weighted by Crippen LogP contribution is -2.35. The standard InChI is InChI=1S/C25H34N4O3/c1-2-10-26-25(28-22-8-9-23-24(17-22)32-14-5-13-31-23)27-18-20-6-3-4-7-21(20)19-29-11-15-30-16-12-29/h3-4,6-9,17H,2,5,10-16,18-19H2,1H3,(H2,26,27,28). The lowest BCUT2D eigenvalue weighted by atomic mass is 10.1. The van der Waals surface area contributed by atoms with Crippen molar-refractivity contribution in [3.63, 3.8) is 0 Å². The van der Waals surface area contributed by atoms with Crippen LogP contribution in [0.4, 0.5) is 5.69 Å². The molecule has 32 heavy (non-hydrogen) atoms. The fourth-order valence-corrected chi connectivity index (χ4v) is 3.79. The summed E-state index contributed by atoms with van der Waals surface area (Å²) in [5, 5.41) is 6.85. The van der Waals surface area contributed by atoms with Crippen LogP contribution in [0, 0.1) is 0 Å². The number of aliphatic imine (C=N–C) groups is 1. The SMILES string of the molecule is CCCNC(=NCc1ccccc1CN1CCOCC1)Nc1ccc2c(c1)OCCCO2. The summed E-state index contributed by atoms with van der Waals surface area (Å²) >= 11 is 0. The minimum Gasteiger partial charge on any atom is -0.490 e. The van der Waals surface area contributed by atoms with Gasteiger partial charge in [-0.2, -0.15) is 0 Å². The van der Waals surface area contributed by atoms with Gasteiger partial charge in [-0.1, -0.05) is 31.2 Å². The molecule has 0 aromatic heterocycles. The average Bonchev–Trinajstić information content (AvgIpc) is 3.07. The molecule has 0 amide bonds. The molecule has 1 saturated heterocycles. The summed E-state index contributed by atoms with van der Waals surface area (Å²) in [7, 11) is 0. The van der Waals surface area contributed by atoms with E-state index < -0.39 is 0 Å². The molecule has 2 aliphatic heterocycles. The van der Waals surface area contributed by atoms with Crippen molar-refractivity contribution in [2.75, 3.05) is 51.4 Å². The van der Waals surface area contributed by atoms with Crippen molar-refractivity contribution in [1.82, 2.24) is 10.2 Å². The van der Waals surface area contributed by atoms with E-state index in [4.69, 9.17) is 19.2 Å². The maximum Gasteiger partial charge on any atom is 0.196 e. The van der Waals surface area contributed by atoms with Crippen LogP contribution < -0.4 is 20.1 Å². The summed E-state index contributed by atoms with van der Waals surface area (Å²) in [4.78, 5) is 7.33. The van der Waals surface area contributed by atoms with Crippen LogP contribution >= 0.6 is 0 Å². The van der Waals surface area contributed by atoms with Gasteiger partial charge in [-0.05, 0) is 29.7 Å². The topological polar surface area (TPSA) is 67.4 Å². The molecule has 0 bridgehead atoms. The van der Waals surface area contributed by atoms with Gasteiger partial charge in [0, 0.05) is 44.4 Å². The number of hydrogen-bond acceptors (Lipinski definition) is 5. The fraction of sp³-hybridized carbons (Fsp3) is 0.480. The highest BCUT2D eigenvalue weighted by Gasteiger charge is 2.14. The van der Waals surface area contributed by atoms with Crippen molar-refractivity contribution >= 4 is 11.6 Å². The number of morpholine rings is 1. The molecule has 0 radical (unpaired) electrons. The molecule has 0 spiro atoms. The Morgan fingerprint density at radius 2 is 1.75 bits per heavy atom. The molecule has 2 N–H and O–H groups in total. The first-order valence-corrected chi connectivity index (χ1v) is 11.6. The molecular formula is C25H34N4O3. The van der Waals surface area contributed by atoms with E-state index in [-0.39, 0.29) is 0 Å². The molecule has 1 fully saturated rings. The van der Waals surface area contributed by atoms with E-state index in [0.29, 0.717) is 19.8 Å². The zero-order valence-corrected chi connectivity index (χ0v) is 18.9. The monoisotopic (exact) mass is 438 g/mol. The van der Waals surface area contributed by atoms with Gasteiger partial charge < -0.3 is 24.8 Å². The van der Waals surface area contributed by atoms with Crippen molar-refractivity contribution in [2.24, 2.45) is 4.99 Å². The van der Waals surface area contributed by atoms with E-state index in [1.54, 1.807) is 0 Å². The minimum atomic E-state index is 0.615. The largest absolute Gasteiger partial charge is 0.490 e. The lowest BCUT2D eigenvalue weighted by molar-refractivity contribution is 0.0341. The summed E-state index contributed by atoms with van der Waals surface area (Å²) in [5.74, 6) is 2.34. The number of benzene rings is 2. The zero-order chi connectivity index (χ0) is 22.0. The molecule has 172 valence electrons. The van der Waals surface area contributed by atoms with Crippen molar-refractivity contribution in [3.8, 4) is 11.5 Å². The van der Waals surface area contributed by atoms with E-state index in [1.165, 1.54) is 11.1 Å². The third-order valence-corrected chi connectivity index (χ3v) is 5.58. The maximum atomic E-state index is 5.83. The zero-order valence-electron chi connectivity index (χ0n) is 18.9. The van der Waals surface area contributed by atoms with Gasteiger partial charge in [0.15, 0.2) is 17.5 Å². The quantitative estimate of drug-likeness (QED) is 0.508.